The molecule has 6 aromatic rings. The summed E-state index contributed by atoms with van der Waals surface area (Å²) in [6, 6.07) is 36.2. The zero-order valence-electron chi connectivity index (χ0n) is 21.7. The van der Waals surface area contributed by atoms with Crippen LogP contribution in [0.5, 0.6) is 0 Å². The van der Waals surface area contributed by atoms with E-state index in [4.69, 9.17) is 0 Å². The molecule has 0 atom stereocenters. The lowest BCUT2D eigenvalue weighted by atomic mass is 9.79. The highest BCUT2D eigenvalue weighted by atomic mass is 14.4. The molecule has 6 aromatic carbocycles. The molecule has 0 radical (unpaired) electrons. The van der Waals surface area contributed by atoms with Crippen molar-refractivity contribution in [1.82, 2.24) is 0 Å². The normalized spacial score (nSPS) is 13.1. The van der Waals surface area contributed by atoms with E-state index in [1.54, 1.807) is 0 Å². The van der Waals surface area contributed by atoms with E-state index < -0.39 is 0 Å². The van der Waals surface area contributed by atoms with E-state index >= 15 is 0 Å². The SMILES string of the molecule is CC.CC.CC1(C)c2cc3cc4ccccc4cc3cc2-c2ccc3ccc4ccccc4c3c21. The molecule has 35 heavy (non-hydrogen) atoms. The molecule has 0 heterocycles. The average molecular weight is 455 g/mol. The second-order valence-electron chi connectivity index (χ2n) is 9.44. The molecule has 0 saturated carbocycles. The van der Waals surface area contributed by atoms with Crippen LogP contribution >= 0.6 is 0 Å². The standard InChI is InChI=1S/C31H22.2C2H6/c1-31(2)28-18-24-16-22-9-4-3-8-21(22)15-23(24)17-27(28)26-14-13-20-12-11-19-7-5-6-10-25(19)29(20)30(26)31;2*1-2/h3-18H,1-2H3;2*1-2H3. The minimum Gasteiger partial charge on any atom is -0.0683 e. The Morgan fingerprint density at radius 2 is 1.00 bits per heavy atom. The number of hydrogen-bond donors (Lipinski definition) is 0. The fourth-order valence-corrected chi connectivity index (χ4v) is 5.84. The smallest absolute Gasteiger partial charge is 0.0165 e. The van der Waals surface area contributed by atoms with Crippen LogP contribution < -0.4 is 0 Å². The predicted molar refractivity (Wildman–Crippen MR) is 157 cm³/mol. The highest BCUT2D eigenvalue weighted by molar-refractivity contribution is 6.13. The lowest BCUT2D eigenvalue weighted by molar-refractivity contribution is 0.667. The molecule has 0 aromatic heterocycles. The summed E-state index contributed by atoms with van der Waals surface area (Å²) in [5.41, 5.74) is 5.63. The molecule has 0 spiro atoms. The molecule has 0 N–H and O–H groups in total. The maximum atomic E-state index is 2.44. The maximum absolute atomic E-state index is 2.44. The zero-order chi connectivity index (χ0) is 24.7. The Hall–Kier alpha value is -3.64. The van der Waals surface area contributed by atoms with E-state index in [9.17, 15) is 0 Å². The topological polar surface area (TPSA) is 0 Å². The molecule has 0 amide bonds. The summed E-state index contributed by atoms with van der Waals surface area (Å²) in [5, 5.41) is 10.7. The molecule has 1 aliphatic rings. The molecular formula is C35H34. The van der Waals surface area contributed by atoms with Gasteiger partial charge < -0.3 is 0 Å². The highest BCUT2D eigenvalue weighted by Gasteiger charge is 2.37. The van der Waals surface area contributed by atoms with Gasteiger partial charge in [0.15, 0.2) is 0 Å². The number of hydrogen-bond acceptors (Lipinski definition) is 0. The van der Waals surface area contributed by atoms with E-state index in [0.717, 1.165) is 0 Å². The Kier molecular flexibility index (Phi) is 5.85. The minimum atomic E-state index is -0.0475. The van der Waals surface area contributed by atoms with Gasteiger partial charge in [0.2, 0.25) is 0 Å². The lowest BCUT2D eigenvalue weighted by Crippen LogP contribution is -2.15. The van der Waals surface area contributed by atoms with Crippen LogP contribution in [0.3, 0.4) is 0 Å². The Labute approximate surface area is 209 Å². The fourth-order valence-electron chi connectivity index (χ4n) is 5.84. The predicted octanol–water partition coefficient (Wildman–Crippen LogP) is 10.7. The second-order valence-corrected chi connectivity index (χ2v) is 9.44. The molecule has 0 fully saturated rings. The van der Waals surface area contributed by atoms with Crippen LogP contribution in [0.2, 0.25) is 0 Å². The van der Waals surface area contributed by atoms with Crippen LogP contribution in [0, 0.1) is 0 Å². The van der Waals surface area contributed by atoms with E-state index in [2.05, 4.69) is 111 Å². The molecule has 0 unspecified atom stereocenters. The van der Waals surface area contributed by atoms with Crippen LogP contribution in [0.25, 0.3) is 54.2 Å². The molecule has 7 rings (SSSR count). The van der Waals surface area contributed by atoms with Crippen molar-refractivity contribution < 1.29 is 0 Å². The van der Waals surface area contributed by atoms with Crippen molar-refractivity contribution in [3.05, 3.63) is 108 Å². The number of fused-ring (bicyclic) bond motifs is 9. The van der Waals surface area contributed by atoms with Crippen molar-refractivity contribution in [2.45, 2.75) is 47.0 Å². The van der Waals surface area contributed by atoms with Crippen LogP contribution in [-0.4, -0.2) is 0 Å². The molecule has 1 aliphatic carbocycles. The van der Waals surface area contributed by atoms with Gasteiger partial charge in [0.25, 0.3) is 0 Å². The third-order valence-electron chi connectivity index (χ3n) is 7.34. The zero-order valence-corrected chi connectivity index (χ0v) is 21.7. The highest BCUT2D eigenvalue weighted by Crippen LogP contribution is 2.53. The molecule has 0 aliphatic heterocycles. The van der Waals surface area contributed by atoms with Crippen molar-refractivity contribution >= 4 is 43.1 Å². The van der Waals surface area contributed by atoms with Crippen molar-refractivity contribution in [2.24, 2.45) is 0 Å². The third-order valence-corrected chi connectivity index (χ3v) is 7.34. The summed E-state index contributed by atoms with van der Waals surface area (Å²) >= 11 is 0. The molecule has 0 saturated heterocycles. The van der Waals surface area contributed by atoms with Gasteiger partial charge in [-0.15, -0.1) is 0 Å². The van der Waals surface area contributed by atoms with Crippen LogP contribution in [0.15, 0.2) is 97.1 Å². The van der Waals surface area contributed by atoms with E-state index in [-0.39, 0.29) is 5.41 Å². The van der Waals surface area contributed by atoms with Gasteiger partial charge in [0.1, 0.15) is 0 Å². The summed E-state index contributed by atoms with van der Waals surface area (Å²) in [4.78, 5) is 0. The first kappa shape index (κ1) is 23.1. The van der Waals surface area contributed by atoms with Crippen LogP contribution in [0.1, 0.15) is 52.7 Å². The van der Waals surface area contributed by atoms with Crippen molar-refractivity contribution in [3.8, 4) is 11.1 Å². The van der Waals surface area contributed by atoms with Gasteiger partial charge in [0.05, 0.1) is 0 Å². The van der Waals surface area contributed by atoms with Crippen LogP contribution in [0.4, 0.5) is 0 Å². The Morgan fingerprint density at radius 3 is 1.69 bits per heavy atom. The monoisotopic (exact) mass is 454 g/mol. The number of rotatable bonds is 0. The molecular weight excluding hydrogens is 420 g/mol. The Balaban J connectivity index is 0.000000605. The first-order valence-corrected chi connectivity index (χ1v) is 13.0. The summed E-state index contributed by atoms with van der Waals surface area (Å²) in [6.45, 7) is 12.8. The first-order valence-electron chi connectivity index (χ1n) is 13.0. The quantitative estimate of drug-likeness (QED) is 0.158. The lowest BCUT2D eigenvalue weighted by Gasteiger charge is -2.24. The van der Waals surface area contributed by atoms with Crippen molar-refractivity contribution in [3.63, 3.8) is 0 Å². The van der Waals surface area contributed by atoms with Gasteiger partial charge in [-0.05, 0) is 89.6 Å². The Bertz CT molecular complexity index is 1700. The number of benzene rings is 6. The summed E-state index contributed by atoms with van der Waals surface area (Å²) in [6.07, 6.45) is 0. The van der Waals surface area contributed by atoms with Gasteiger partial charge in [-0.3, -0.25) is 0 Å². The molecule has 174 valence electrons. The summed E-state index contributed by atoms with van der Waals surface area (Å²) in [7, 11) is 0. The largest absolute Gasteiger partial charge is 0.0683 e. The first-order chi connectivity index (χ1) is 17.1. The van der Waals surface area contributed by atoms with E-state index in [1.165, 1.54) is 65.3 Å². The molecule has 0 nitrogen and oxygen atoms in total. The Morgan fingerprint density at radius 1 is 0.457 bits per heavy atom. The van der Waals surface area contributed by atoms with Crippen molar-refractivity contribution in [2.75, 3.05) is 0 Å². The van der Waals surface area contributed by atoms with Gasteiger partial charge in [0, 0.05) is 5.41 Å². The van der Waals surface area contributed by atoms with Gasteiger partial charge in [-0.1, -0.05) is 114 Å². The minimum absolute atomic E-state index is 0.0475. The average Bonchev–Trinajstić information content (AvgIpc) is 3.14. The van der Waals surface area contributed by atoms with Gasteiger partial charge in [-0.25, -0.2) is 0 Å². The molecule has 0 heteroatoms. The van der Waals surface area contributed by atoms with Crippen LogP contribution in [-0.2, 0) is 5.41 Å². The summed E-state index contributed by atoms with van der Waals surface area (Å²) in [5.74, 6) is 0. The second kappa shape index (κ2) is 8.86. The summed E-state index contributed by atoms with van der Waals surface area (Å²) < 4.78 is 0. The maximum Gasteiger partial charge on any atom is 0.0165 e. The van der Waals surface area contributed by atoms with Gasteiger partial charge >= 0.3 is 0 Å². The fraction of sp³-hybridized carbons (Fsp3) is 0.200. The van der Waals surface area contributed by atoms with Gasteiger partial charge in [-0.2, -0.15) is 0 Å². The third kappa shape index (κ3) is 3.43. The van der Waals surface area contributed by atoms with E-state index in [0.29, 0.717) is 0 Å². The molecule has 0 bridgehead atoms. The van der Waals surface area contributed by atoms with E-state index in [1.807, 2.05) is 27.7 Å². The van der Waals surface area contributed by atoms with Crippen molar-refractivity contribution in [1.29, 1.82) is 0 Å².